The van der Waals surface area contributed by atoms with Gasteiger partial charge >= 0.3 is 0 Å². The van der Waals surface area contributed by atoms with Crippen LogP contribution in [0.4, 0.5) is 0 Å². The number of aromatic nitrogens is 4. The van der Waals surface area contributed by atoms with Crippen LogP contribution >= 0.6 is 0 Å². The van der Waals surface area contributed by atoms with Gasteiger partial charge in [-0.3, -0.25) is 0 Å². The van der Waals surface area contributed by atoms with Crippen LogP contribution in [0.5, 0.6) is 0 Å². The van der Waals surface area contributed by atoms with Gasteiger partial charge in [0.25, 0.3) is 0 Å². The number of likely N-dealkylation sites (tertiary alicyclic amines) is 1. The molecule has 5 nitrogen and oxygen atoms in total. The molecule has 1 aromatic heterocycles. The lowest BCUT2D eigenvalue weighted by atomic mass is 10.0. The second-order valence-corrected chi connectivity index (χ2v) is 5.41. The van der Waals surface area contributed by atoms with E-state index in [1.165, 1.54) is 5.56 Å². The minimum Gasteiger partial charge on any atom is -0.739 e. The van der Waals surface area contributed by atoms with E-state index in [1.54, 1.807) is 9.58 Å². The van der Waals surface area contributed by atoms with Crippen LogP contribution in [0, 0.1) is 0 Å². The Morgan fingerprint density at radius 3 is 2.58 bits per heavy atom. The van der Waals surface area contributed by atoms with Crippen LogP contribution in [-0.4, -0.2) is 33.3 Å². The molecule has 0 bridgehead atoms. The summed E-state index contributed by atoms with van der Waals surface area (Å²) in [5, 5.41) is 11.9. The maximum absolute atomic E-state index is 5.12. The lowest BCUT2D eigenvalue weighted by Crippen LogP contribution is -3.11. The van der Waals surface area contributed by atoms with Crippen molar-refractivity contribution < 1.29 is 4.90 Å². The molecule has 1 fully saturated rings. The monoisotopic (exact) mass is 275 g/mol. The minimum atomic E-state index is 0.377. The molecule has 19 heavy (non-hydrogen) atoms. The highest BCUT2D eigenvalue weighted by atomic mass is 32.1. The summed E-state index contributed by atoms with van der Waals surface area (Å²) in [5.74, 6) is 0. The van der Waals surface area contributed by atoms with Gasteiger partial charge in [0, 0.05) is 23.6 Å². The standard InChI is InChI=1S/C13H17N5S/c19-13-14-15-16-18(13)12-6-8-17(9-7-12)10-11-4-2-1-3-5-11/h1-5,12H,6-10H2,(H,14,16,19). The lowest BCUT2D eigenvalue weighted by Gasteiger charge is -2.30. The van der Waals surface area contributed by atoms with Crippen molar-refractivity contribution >= 4 is 12.6 Å². The Labute approximate surface area is 118 Å². The number of hydrogen-bond acceptors (Lipinski definition) is 4. The molecule has 3 rings (SSSR count). The van der Waals surface area contributed by atoms with Crippen molar-refractivity contribution in [2.75, 3.05) is 13.1 Å². The predicted octanol–water partition coefficient (Wildman–Crippen LogP) is -0.00110. The fraction of sp³-hybridized carbons (Fsp3) is 0.462. The molecule has 1 aliphatic rings. The number of piperidine rings is 1. The summed E-state index contributed by atoms with van der Waals surface area (Å²) in [6.45, 7) is 3.40. The highest BCUT2D eigenvalue weighted by Crippen LogP contribution is 2.16. The third kappa shape index (κ3) is 2.90. The molecule has 0 atom stereocenters. The number of hydrogen-bond donors (Lipinski definition) is 1. The normalized spacial score (nSPS) is 23.4. The van der Waals surface area contributed by atoms with E-state index in [0.717, 1.165) is 32.5 Å². The van der Waals surface area contributed by atoms with Gasteiger partial charge in [-0.2, -0.15) is 0 Å². The van der Waals surface area contributed by atoms with Gasteiger partial charge in [0.15, 0.2) is 0 Å². The van der Waals surface area contributed by atoms with Crippen molar-refractivity contribution in [3.05, 3.63) is 35.9 Å². The number of benzene rings is 1. The molecule has 2 heterocycles. The summed E-state index contributed by atoms with van der Waals surface area (Å²) < 4.78 is 1.80. The topological polar surface area (TPSA) is 48.0 Å². The largest absolute Gasteiger partial charge is 0.739 e. The molecule has 2 aromatic rings. The first-order valence-corrected chi connectivity index (χ1v) is 7.06. The Hall–Kier alpha value is -1.53. The summed E-state index contributed by atoms with van der Waals surface area (Å²) >= 11 is 5.12. The molecule has 100 valence electrons. The zero-order chi connectivity index (χ0) is 13.1. The quantitative estimate of drug-likeness (QED) is 0.801. The van der Waals surface area contributed by atoms with Gasteiger partial charge in [-0.05, 0) is 10.4 Å². The van der Waals surface area contributed by atoms with E-state index in [2.05, 4.69) is 45.9 Å². The van der Waals surface area contributed by atoms with Crippen molar-refractivity contribution in [2.45, 2.75) is 30.6 Å². The second-order valence-electron chi connectivity index (χ2n) is 5.05. The van der Waals surface area contributed by atoms with Crippen LogP contribution in [0.15, 0.2) is 35.5 Å². The SMILES string of the molecule is [S-]c1nnnn1C1CC[NH+](Cc2ccccc2)CC1. The van der Waals surface area contributed by atoms with Crippen molar-refractivity contribution in [1.29, 1.82) is 0 Å². The molecule has 0 amide bonds. The molecule has 0 spiro atoms. The summed E-state index contributed by atoms with van der Waals surface area (Å²) in [6, 6.07) is 11.0. The number of nitrogens with zero attached hydrogens (tertiary/aromatic N) is 4. The number of tetrazole rings is 1. The third-order valence-electron chi connectivity index (χ3n) is 3.77. The Kier molecular flexibility index (Phi) is 3.70. The molecule has 0 saturated carbocycles. The third-order valence-corrected chi connectivity index (χ3v) is 4.04. The van der Waals surface area contributed by atoms with Crippen molar-refractivity contribution in [2.24, 2.45) is 0 Å². The highest BCUT2D eigenvalue weighted by Gasteiger charge is 2.24. The average molecular weight is 275 g/mol. The first-order valence-electron chi connectivity index (χ1n) is 6.65. The lowest BCUT2D eigenvalue weighted by molar-refractivity contribution is -0.919. The van der Waals surface area contributed by atoms with E-state index in [0.29, 0.717) is 11.2 Å². The van der Waals surface area contributed by atoms with Crippen LogP contribution < -0.4 is 4.90 Å². The fourth-order valence-corrected chi connectivity index (χ4v) is 2.95. The number of quaternary nitrogens is 1. The Morgan fingerprint density at radius 1 is 1.21 bits per heavy atom. The van der Waals surface area contributed by atoms with Gasteiger partial charge in [-0.15, -0.1) is 5.10 Å². The first-order chi connectivity index (χ1) is 9.33. The molecular weight excluding hydrogens is 258 g/mol. The Balaban J connectivity index is 1.57. The fourth-order valence-electron chi connectivity index (χ4n) is 2.73. The summed E-state index contributed by atoms with van der Waals surface area (Å²) in [6.07, 6.45) is 2.19. The summed E-state index contributed by atoms with van der Waals surface area (Å²) in [4.78, 5) is 1.63. The van der Waals surface area contributed by atoms with Crippen LogP contribution in [0.3, 0.4) is 0 Å². The Morgan fingerprint density at radius 2 is 1.95 bits per heavy atom. The van der Waals surface area contributed by atoms with Gasteiger partial charge < -0.3 is 17.5 Å². The Bertz CT molecular complexity index is 519. The van der Waals surface area contributed by atoms with Crippen LogP contribution in [0.25, 0.3) is 0 Å². The molecule has 1 aromatic carbocycles. The van der Waals surface area contributed by atoms with E-state index < -0.39 is 0 Å². The molecule has 0 radical (unpaired) electrons. The van der Waals surface area contributed by atoms with Crippen molar-refractivity contribution in [1.82, 2.24) is 20.2 Å². The number of nitrogens with one attached hydrogen (secondary N) is 1. The highest BCUT2D eigenvalue weighted by molar-refractivity contribution is 7.58. The average Bonchev–Trinajstić information content (AvgIpc) is 2.87. The smallest absolute Gasteiger partial charge is 0.103 e. The van der Waals surface area contributed by atoms with E-state index in [4.69, 9.17) is 12.6 Å². The van der Waals surface area contributed by atoms with Crippen LogP contribution in [-0.2, 0) is 19.2 Å². The predicted molar refractivity (Wildman–Crippen MR) is 72.6 cm³/mol. The van der Waals surface area contributed by atoms with Gasteiger partial charge in [0.05, 0.1) is 19.1 Å². The zero-order valence-electron chi connectivity index (χ0n) is 10.7. The van der Waals surface area contributed by atoms with Crippen LogP contribution in [0.1, 0.15) is 24.4 Å². The van der Waals surface area contributed by atoms with Crippen molar-refractivity contribution in [3.8, 4) is 0 Å². The molecule has 0 unspecified atom stereocenters. The van der Waals surface area contributed by atoms with Crippen LogP contribution in [0.2, 0.25) is 0 Å². The first kappa shape index (κ1) is 12.5. The molecule has 1 saturated heterocycles. The van der Waals surface area contributed by atoms with Gasteiger partial charge in [-0.25, -0.2) is 4.68 Å². The molecular formula is C13H17N5S. The maximum Gasteiger partial charge on any atom is 0.103 e. The summed E-state index contributed by atoms with van der Waals surface area (Å²) in [5.41, 5.74) is 1.40. The van der Waals surface area contributed by atoms with Gasteiger partial charge in [0.1, 0.15) is 6.54 Å². The van der Waals surface area contributed by atoms with Crippen molar-refractivity contribution in [3.63, 3.8) is 0 Å². The molecule has 0 aliphatic carbocycles. The van der Waals surface area contributed by atoms with Gasteiger partial charge in [-0.1, -0.05) is 30.3 Å². The van der Waals surface area contributed by atoms with E-state index in [1.807, 2.05) is 0 Å². The maximum atomic E-state index is 5.12. The number of rotatable bonds is 3. The van der Waals surface area contributed by atoms with E-state index in [9.17, 15) is 0 Å². The molecule has 1 aliphatic heterocycles. The molecule has 6 heteroatoms. The van der Waals surface area contributed by atoms with Gasteiger partial charge in [0.2, 0.25) is 0 Å². The zero-order valence-corrected chi connectivity index (χ0v) is 11.5. The molecule has 1 N–H and O–H groups in total. The minimum absolute atomic E-state index is 0.377. The van der Waals surface area contributed by atoms with E-state index >= 15 is 0 Å². The van der Waals surface area contributed by atoms with E-state index in [-0.39, 0.29) is 0 Å². The second kappa shape index (κ2) is 5.63. The summed E-state index contributed by atoms with van der Waals surface area (Å²) in [7, 11) is 0.